The van der Waals surface area contributed by atoms with Gasteiger partial charge in [-0.15, -0.1) is 0 Å². The molecule has 0 aliphatic carbocycles. The van der Waals surface area contributed by atoms with Crippen LogP contribution in [0.25, 0.3) is 0 Å². The average molecular weight is 192 g/mol. The first kappa shape index (κ1) is 11.0. The number of aryl methyl sites for hydroxylation is 2. The minimum absolute atomic E-state index is 1.01. The molecule has 0 aromatic carbocycles. The van der Waals surface area contributed by atoms with Gasteiger partial charge in [-0.25, -0.2) is 4.98 Å². The number of pyridine rings is 1. The van der Waals surface area contributed by atoms with Crippen molar-refractivity contribution in [1.82, 2.24) is 4.98 Å². The largest absolute Gasteiger partial charge is 0.370 e. The molecule has 0 radical (unpaired) electrons. The van der Waals surface area contributed by atoms with Crippen LogP contribution in [0.5, 0.6) is 0 Å². The van der Waals surface area contributed by atoms with Crippen molar-refractivity contribution in [3.63, 3.8) is 0 Å². The van der Waals surface area contributed by atoms with Crippen molar-refractivity contribution in [2.24, 2.45) is 0 Å². The summed E-state index contributed by atoms with van der Waals surface area (Å²) < 4.78 is 0. The first-order valence-electron chi connectivity index (χ1n) is 5.41. The number of nitrogens with one attached hydrogen (secondary N) is 1. The first-order valence-corrected chi connectivity index (χ1v) is 5.41. The topological polar surface area (TPSA) is 24.9 Å². The molecular formula is C12H20N2. The standard InChI is InChI=1S/C12H20N2/c1-4-5-6-7-13-12-9-10(2)8-11(3)14-12/h8-9H,4-7H2,1-3H3,(H,13,14). The molecule has 0 bridgehead atoms. The molecule has 2 heteroatoms. The Balaban J connectivity index is 2.42. The second-order valence-electron chi connectivity index (χ2n) is 3.81. The lowest BCUT2D eigenvalue weighted by Crippen LogP contribution is -2.04. The number of rotatable bonds is 5. The quantitative estimate of drug-likeness (QED) is 0.724. The smallest absolute Gasteiger partial charge is 0.126 e. The number of aromatic nitrogens is 1. The van der Waals surface area contributed by atoms with E-state index >= 15 is 0 Å². The summed E-state index contributed by atoms with van der Waals surface area (Å²) in [5, 5.41) is 3.35. The zero-order valence-corrected chi connectivity index (χ0v) is 9.43. The molecule has 1 N–H and O–H groups in total. The molecule has 0 amide bonds. The predicted molar refractivity (Wildman–Crippen MR) is 61.7 cm³/mol. The van der Waals surface area contributed by atoms with Crippen molar-refractivity contribution in [2.75, 3.05) is 11.9 Å². The monoisotopic (exact) mass is 192 g/mol. The lowest BCUT2D eigenvalue weighted by molar-refractivity contribution is 0.742. The fourth-order valence-corrected chi connectivity index (χ4v) is 1.52. The third-order valence-corrected chi connectivity index (χ3v) is 2.18. The van der Waals surface area contributed by atoms with Crippen LogP contribution < -0.4 is 5.32 Å². The molecule has 0 aliphatic heterocycles. The van der Waals surface area contributed by atoms with Crippen LogP contribution in [-0.4, -0.2) is 11.5 Å². The highest BCUT2D eigenvalue weighted by Gasteiger charge is 1.95. The zero-order chi connectivity index (χ0) is 10.4. The Hall–Kier alpha value is -1.05. The normalized spacial score (nSPS) is 10.2. The van der Waals surface area contributed by atoms with Gasteiger partial charge in [0.1, 0.15) is 5.82 Å². The maximum Gasteiger partial charge on any atom is 0.126 e. The van der Waals surface area contributed by atoms with Gasteiger partial charge in [-0.3, -0.25) is 0 Å². The number of unbranched alkanes of at least 4 members (excludes halogenated alkanes) is 2. The summed E-state index contributed by atoms with van der Waals surface area (Å²) in [5.74, 6) is 1.01. The van der Waals surface area contributed by atoms with Gasteiger partial charge in [0.2, 0.25) is 0 Å². The molecule has 1 aromatic rings. The van der Waals surface area contributed by atoms with E-state index < -0.39 is 0 Å². The second kappa shape index (κ2) is 5.63. The summed E-state index contributed by atoms with van der Waals surface area (Å²) in [7, 11) is 0. The maximum absolute atomic E-state index is 4.42. The van der Waals surface area contributed by atoms with E-state index in [0.717, 1.165) is 18.1 Å². The summed E-state index contributed by atoms with van der Waals surface area (Å²) in [4.78, 5) is 4.42. The van der Waals surface area contributed by atoms with Gasteiger partial charge in [0, 0.05) is 12.2 Å². The summed E-state index contributed by atoms with van der Waals surface area (Å²) in [5.41, 5.74) is 2.36. The Labute approximate surface area is 86.8 Å². The minimum atomic E-state index is 1.01. The third kappa shape index (κ3) is 3.77. The Bertz CT molecular complexity index is 261. The van der Waals surface area contributed by atoms with Crippen LogP contribution in [0.2, 0.25) is 0 Å². The van der Waals surface area contributed by atoms with Gasteiger partial charge < -0.3 is 5.32 Å². The lowest BCUT2D eigenvalue weighted by atomic mass is 10.2. The molecule has 1 rings (SSSR count). The summed E-state index contributed by atoms with van der Waals surface area (Å²) >= 11 is 0. The Morgan fingerprint density at radius 2 is 2.00 bits per heavy atom. The van der Waals surface area contributed by atoms with Gasteiger partial charge >= 0.3 is 0 Å². The molecule has 1 heterocycles. The van der Waals surface area contributed by atoms with Gasteiger partial charge in [0.05, 0.1) is 0 Å². The molecule has 0 fully saturated rings. The first-order chi connectivity index (χ1) is 6.72. The number of nitrogens with zero attached hydrogens (tertiary/aromatic N) is 1. The highest BCUT2D eigenvalue weighted by Crippen LogP contribution is 2.09. The molecule has 14 heavy (non-hydrogen) atoms. The van der Waals surface area contributed by atoms with E-state index in [1.54, 1.807) is 0 Å². The molecule has 0 spiro atoms. The van der Waals surface area contributed by atoms with Crippen LogP contribution >= 0.6 is 0 Å². The van der Waals surface area contributed by atoms with E-state index in [9.17, 15) is 0 Å². The minimum Gasteiger partial charge on any atom is -0.370 e. The van der Waals surface area contributed by atoms with Crippen LogP contribution in [0.3, 0.4) is 0 Å². The van der Waals surface area contributed by atoms with Crippen molar-refractivity contribution in [1.29, 1.82) is 0 Å². The van der Waals surface area contributed by atoms with E-state index in [1.165, 1.54) is 24.8 Å². The third-order valence-electron chi connectivity index (χ3n) is 2.18. The number of hydrogen-bond donors (Lipinski definition) is 1. The molecule has 1 aromatic heterocycles. The number of anilines is 1. The highest BCUT2D eigenvalue weighted by atomic mass is 15.0. The second-order valence-corrected chi connectivity index (χ2v) is 3.81. The fourth-order valence-electron chi connectivity index (χ4n) is 1.52. The molecule has 0 saturated heterocycles. The SMILES string of the molecule is CCCCCNc1cc(C)cc(C)n1. The molecule has 0 saturated carbocycles. The van der Waals surface area contributed by atoms with Gasteiger partial charge in [-0.1, -0.05) is 19.8 Å². The Morgan fingerprint density at radius 3 is 2.64 bits per heavy atom. The van der Waals surface area contributed by atoms with E-state index in [1.807, 2.05) is 6.92 Å². The van der Waals surface area contributed by atoms with Crippen molar-refractivity contribution in [3.8, 4) is 0 Å². The van der Waals surface area contributed by atoms with E-state index in [-0.39, 0.29) is 0 Å². The van der Waals surface area contributed by atoms with Crippen LogP contribution in [0.4, 0.5) is 5.82 Å². The van der Waals surface area contributed by atoms with Gasteiger partial charge in [-0.05, 0) is 38.0 Å². The highest BCUT2D eigenvalue weighted by molar-refractivity contribution is 5.38. The van der Waals surface area contributed by atoms with Gasteiger partial charge in [0.25, 0.3) is 0 Å². The fraction of sp³-hybridized carbons (Fsp3) is 0.583. The number of hydrogen-bond acceptors (Lipinski definition) is 2. The molecule has 78 valence electrons. The molecule has 2 nitrogen and oxygen atoms in total. The van der Waals surface area contributed by atoms with E-state index in [4.69, 9.17) is 0 Å². The molecule has 0 aliphatic rings. The van der Waals surface area contributed by atoms with Crippen molar-refractivity contribution >= 4 is 5.82 Å². The van der Waals surface area contributed by atoms with Crippen molar-refractivity contribution in [3.05, 3.63) is 23.4 Å². The van der Waals surface area contributed by atoms with Gasteiger partial charge in [0.15, 0.2) is 0 Å². The van der Waals surface area contributed by atoms with Crippen molar-refractivity contribution < 1.29 is 0 Å². The van der Waals surface area contributed by atoms with Crippen molar-refractivity contribution in [2.45, 2.75) is 40.0 Å². The van der Waals surface area contributed by atoms with E-state index in [2.05, 4.69) is 36.3 Å². The average Bonchev–Trinajstić information content (AvgIpc) is 2.11. The van der Waals surface area contributed by atoms with Crippen LogP contribution in [0.15, 0.2) is 12.1 Å². The molecular weight excluding hydrogens is 172 g/mol. The Kier molecular flexibility index (Phi) is 4.44. The summed E-state index contributed by atoms with van der Waals surface area (Å²) in [6.07, 6.45) is 3.78. The molecule has 0 atom stereocenters. The Morgan fingerprint density at radius 1 is 1.21 bits per heavy atom. The van der Waals surface area contributed by atoms with Gasteiger partial charge in [-0.2, -0.15) is 0 Å². The predicted octanol–water partition coefficient (Wildman–Crippen LogP) is 3.30. The maximum atomic E-state index is 4.42. The zero-order valence-electron chi connectivity index (χ0n) is 9.43. The molecule has 0 unspecified atom stereocenters. The van der Waals surface area contributed by atoms with Crippen LogP contribution in [0, 0.1) is 13.8 Å². The summed E-state index contributed by atoms with van der Waals surface area (Å²) in [6, 6.07) is 4.19. The van der Waals surface area contributed by atoms with Crippen LogP contribution in [0.1, 0.15) is 37.4 Å². The van der Waals surface area contributed by atoms with Crippen LogP contribution in [-0.2, 0) is 0 Å². The summed E-state index contributed by atoms with van der Waals surface area (Å²) in [6.45, 7) is 7.38. The lowest BCUT2D eigenvalue weighted by Gasteiger charge is -2.06. The van der Waals surface area contributed by atoms with E-state index in [0.29, 0.717) is 0 Å².